The highest BCUT2D eigenvalue weighted by Gasteiger charge is 2.29. The summed E-state index contributed by atoms with van der Waals surface area (Å²) in [5.74, 6) is -0.862. The number of hydrogen-bond acceptors (Lipinski definition) is 1. The van der Waals surface area contributed by atoms with Gasteiger partial charge in [-0.25, -0.2) is 0 Å². The predicted molar refractivity (Wildman–Crippen MR) is 88.4 cm³/mol. The lowest BCUT2D eigenvalue weighted by molar-refractivity contribution is -0.138. The van der Waals surface area contributed by atoms with E-state index in [0.29, 0.717) is 13.0 Å². The van der Waals surface area contributed by atoms with E-state index in [0.717, 1.165) is 34.2 Å². The zero-order valence-corrected chi connectivity index (χ0v) is 13.3. The van der Waals surface area contributed by atoms with Gasteiger partial charge in [-0.3, -0.25) is 4.79 Å². The average molecular weight is 347 g/mol. The smallest absolute Gasteiger partial charge is 0.416 e. The average Bonchev–Trinajstić information content (AvgIpc) is 2.91. The molecule has 1 heterocycles. The number of halogens is 3. The van der Waals surface area contributed by atoms with Crippen LogP contribution in [0.2, 0.25) is 0 Å². The summed E-state index contributed by atoms with van der Waals surface area (Å²) < 4.78 is 39.9. The maximum absolute atomic E-state index is 12.7. The Labute approximate surface area is 142 Å². The first-order valence-electron chi connectivity index (χ1n) is 7.79. The molecule has 0 spiro atoms. The quantitative estimate of drug-likeness (QED) is 0.725. The van der Waals surface area contributed by atoms with Crippen LogP contribution in [0.4, 0.5) is 13.2 Å². The maximum atomic E-state index is 12.7. The van der Waals surface area contributed by atoms with Crippen molar-refractivity contribution in [3.8, 4) is 0 Å². The second-order valence-corrected chi connectivity index (χ2v) is 5.89. The first-order valence-corrected chi connectivity index (χ1v) is 7.79. The van der Waals surface area contributed by atoms with Crippen LogP contribution < -0.4 is 0 Å². The first kappa shape index (κ1) is 17.1. The van der Waals surface area contributed by atoms with Crippen LogP contribution in [0.5, 0.6) is 0 Å². The fourth-order valence-electron chi connectivity index (χ4n) is 2.89. The third kappa shape index (κ3) is 3.84. The summed E-state index contributed by atoms with van der Waals surface area (Å²) in [7, 11) is 0. The molecular formula is C19H16F3NO2. The largest absolute Gasteiger partial charge is 0.481 e. The van der Waals surface area contributed by atoms with E-state index in [-0.39, 0.29) is 6.42 Å². The summed E-state index contributed by atoms with van der Waals surface area (Å²) in [5, 5.41) is 9.85. The number of aryl methyl sites for hydroxylation is 1. The molecule has 0 aliphatic carbocycles. The van der Waals surface area contributed by atoms with Crippen LogP contribution in [0.3, 0.4) is 0 Å². The molecule has 3 rings (SSSR count). The van der Waals surface area contributed by atoms with Crippen molar-refractivity contribution in [1.82, 2.24) is 4.57 Å². The number of hydrogen-bond donors (Lipinski definition) is 1. The minimum Gasteiger partial charge on any atom is -0.481 e. The Hall–Kier alpha value is -2.76. The Bertz CT molecular complexity index is 895. The molecule has 0 unspecified atom stereocenters. The van der Waals surface area contributed by atoms with Gasteiger partial charge in [-0.1, -0.05) is 30.3 Å². The van der Waals surface area contributed by atoms with Gasteiger partial charge < -0.3 is 9.67 Å². The number of fused-ring (bicyclic) bond motifs is 1. The van der Waals surface area contributed by atoms with Gasteiger partial charge in [0.25, 0.3) is 0 Å². The third-order valence-electron chi connectivity index (χ3n) is 4.11. The molecule has 0 atom stereocenters. The molecule has 0 amide bonds. The van der Waals surface area contributed by atoms with Gasteiger partial charge in [0, 0.05) is 30.1 Å². The van der Waals surface area contributed by atoms with Crippen LogP contribution in [0.1, 0.15) is 23.1 Å². The van der Waals surface area contributed by atoms with Gasteiger partial charge in [-0.05, 0) is 35.7 Å². The number of carboxylic acids is 1. The van der Waals surface area contributed by atoms with E-state index in [9.17, 15) is 18.0 Å². The van der Waals surface area contributed by atoms with Gasteiger partial charge in [0.05, 0.1) is 5.56 Å². The van der Waals surface area contributed by atoms with Crippen molar-refractivity contribution in [3.05, 3.63) is 71.4 Å². The Morgan fingerprint density at radius 2 is 1.72 bits per heavy atom. The second-order valence-electron chi connectivity index (χ2n) is 5.89. The number of aromatic nitrogens is 1. The molecule has 2 aromatic carbocycles. The number of benzene rings is 2. The highest BCUT2D eigenvalue weighted by molar-refractivity contribution is 5.84. The summed E-state index contributed by atoms with van der Waals surface area (Å²) >= 11 is 0. The summed E-state index contributed by atoms with van der Waals surface area (Å²) in [6.45, 7) is 0.422. The first-order chi connectivity index (χ1) is 11.8. The minimum atomic E-state index is -4.34. The molecule has 0 aliphatic rings. The lowest BCUT2D eigenvalue weighted by atomic mass is 10.1. The number of alkyl halides is 3. The predicted octanol–water partition coefficient (Wildman–Crippen LogP) is 4.73. The summed E-state index contributed by atoms with van der Waals surface area (Å²) in [6, 6.07) is 12.7. The molecule has 25 heavy (non-hydrogen) atoms. The normalized spacial score (nSPS) is 11.8. The van der Waals surface area contributed by atoms with Crippen molar-refractivity contribution in [3.63, 3.8) is 0 Å². The van der Waals surface area contributed by atoms with E-state index >= 15 is 0 Å². The zero-order valence-electron chi connectivity index (χ0n) is 13.3. The van der Waals surface area contributed by atoms with Crippen LogP contribution in [-0.2, 0) is 23.9 Å². The zero-order chi connectivity index (χ0) is 18.0. The summed E-state index contributed by atoms with van der Waals surface area (Å²) in [4.78, 5) is 10.8. The van der Waals surface area contributed by atoms with Crippen LogP contribution >= 0.6 is 0 Å². The molecule has 0 aliphatic heterocycles. The highest BCUT2D eigenvalue weighted by atomic mass is 19.4. The van der Waals surface area contributed by atoms with Crippen molar-refractivity contribution in [2.45, 2.75) is 25.6 Å². The third-order valence-corrected chi connectivity index (χ3v) is 4.11. The van der Waals surface area contributed by atoms with Crippen molar-refractivity contribution < 1.29 is 23.1 Å². The molecule has 0 radical (unpaired) electrons. The Balaban J connectivity index is 1.89. The fourth-order valence-corrected chi connectivity index (χ4v) is 2.89. The number of nitrogens with zero attached hydrogens (tertiary/aromatic N) is 1. The van der Waals surface area contributed by atoms with Crippen molar-refractivity contribution in [2.75, 3.05) is 0 Å². The SMILES string of the molecule is O=C(O)CCc1cn(Cc2ccc(C(F)(F)F)cc2)c2ccccc12. The molecule has 0 saturated carbocycles. The molecule has 3 aromatic rings. The Morgan fingerprint density at radius 1 is 1.04 bits per heavy atom. The van der Waals surface area contributed by atoms with Gasteiger partial charge in [-0.15, -0.1) is 0 Å². The lowest BCUT2D eigenvalue weighted by Crippen LogP contribution is -2.05. The van der Waals surface area contributed by atoms with E-state index in [1.165, 1.54) is 12.1 Å². The van der Waals surface area contributed by atoms with Gasteiger partial charge in [0.15, 0.2) is 0 Å². The number of para-hydroxylation sites is 1. The Morgan fingerprint density at radius 3 is 2.36 bits per heavy atom. The van der Waals surface area contributed by atoms with Gasteiger partial charge in [0.2, 0.25) is 0 Å². The molecular weight excluding hydrogens is 331 g/mol. The fraction of sp³-hybridized carbons (Fsp3) is 0.211. The van der Waals surface area contributed by atoms with Crippen molar-refractivity contribution in [2.24, 2.45) is 0 Å². The van der Waals surface area contributed by atoms with Crippen molar-refractivity contribution >= 4 is 16.9 Å². The number of carbonyl (C=O) groups is 1. The monoisotopic (exact) mass is 347 g/mol. The van der Waals surface area contributed by atoms with Crippen LogP contribution in [-0.4, -0.2) is 15.6 Å². The van der Waals surface area contributed by atoms with Crippen LogP contribution in [0.25, 0.3) is 10.9 Å². The van der Waals surface area contributed by atoms with Gasteiger partial charge in [0.1, 0.15) is 0 Å². The van der Waals surface area contributed by atoms with Gasteiger partial charge in [-0.2, -0.15) is 13.2 Å². The lowest BCUT2D eigenvalue weighted by Gasteiger charge is -2.09. The number of rotatable bonds is 5. The molecule has 0 saturated heterocycles. The molecule has 0 bridgehead atoms. The molecule has 1 aromatic heterocycles. The van der Waals surface area contributed by atoms with Crippen molar-refractivity contribution in [1.29, 1.82) is 0 Å². The summed E-state index contributed by atoms with van der Waals surface area (Å²) in [5.41, 5.74) is 1.93. The van der Waals surface area contributed by atoms with Crippen LogP contribution in [0, 0.1) is 0 Å². The van der Waals surface area contributed by atoms with E-state index in [4.69, 9.17) is 5.11 Å². The molecule has 6 heteroatoms. The second kappa shape index (κ2) is 6.63. The topological polar surface area (TPSA) is 42.2 Å². The van der Waals surface area contributed by atoms with E-state index in [1.807, 2.05) is 35.0 Å². The Kier molecular flexibility index (Phi) is 4.53. The minimum absolute atomic E-state index is 0.0360. The summed E-state index contributed by atoms with van der Waals surface area (Å²) in [6.07, 6.45) is -2.02. The van der Waals surface area contributed by atoms with Crippen LogP contribution in [0.15, 0.2) is 54.7 Å². The van der Waals surface area contributed by atoms with Gasteiger partial charge >= 0.3 is 12.1 Å². The van der Waals surface area contributed by atoms with E-state index in [1.54, 1.807) is 0 Å². The standard InChI is InChI=1S/C19H16F3NO2/c20-19(21,22)15-8-5-13(6-9-15)11-23-12-14(7-10-18(24)25)16-3-1-2-4-17(16)23/h1-6,8-9,12H,7,10-11H2,(H,24,25). The molecule has 3 nitrogen and oxygen atoms in total. The molecule has 130 valence electrons. The maximum Gasteiger partial charge on any atom is 0.416 e. The molecule has 1 N–H and O–H groups in total. The van der Waals surface area contributed by atoms with E-state index < -0.39 is 17.7 Å². The molecule has 0 fully saturated rings. The highest BCUT2D eigenvalue weighted by Crippen LogP contribution is 2.29. The number of carboxylic acid groups (broad SMARTS) is 1. The number of aliphatic carboxylic acids is 1. The van der Waals surface area contributed by atoms with E-state index in [2.05, 4.69) is 0 Å².